The number of carbonyl (C=O) groups is 1. The lowest BCUT2D eigenvalue weighted by Gasteiger charge is -2.07. The molecule has 0 fully saturated rings. The first-order chi connectivity index (χ1) is 11.6. The second kappa shape index (κ2) is 6.89. The van der Waals surface area contributed by atoms with Gasteiger partial charge in [0.25, 0.3) is 5.91 Å². The average Bonchev–Trinajstić information content (AvgIpc) is 2.95. The maximum Gasteiger partial charge on any atom is 0.275 e. The minimum absolute atomic E-state index is 0.242. The van der Waals surface area contributed by atoms with Crippen molar-refractivity contribution >= 4 is 29.4 Å². The number of rotatable bonds is 4. The number of carbonyl (C=O) groups excluding carboxylic acids is 1. The summed E-state index contributed by atoms with van der Waals surface area (Å²) in [6.45, 7) is 2.08. The Morgan fingerprint density at radius 3 is 2.79 bits per heavy atom. The van der Waals surface area contributed by atoms with E-state index in [1.165, 1.54) is 5.56 Å². The SMILES string of the molecule is CCc1ccc(OC)c(/C=C2/N=C(c3cccc(Cl)c3)NC2=O)c1. The quantitative estimate of drug-likeness (QED) is 0.860. The van der Waals surface area contributed by atoms with E-state index in [2.05, 4.69) is 17.2 Å². The van der Waals surface area contributed by atoms with E-state index < -0.39 is 0 Å². The lowest BCUT2D eigenvalue weighted by Crippen LogP contribution is -2.24. The molecule has 0 unspecified atom stereocenters. The van der Waals surface area contributed by atoms with Crippen LogP contribution in [0.15, 0.2) is 53.2 Å². The molecular weight excluding hydrogens is 324 g/mol. The molecule has 3 rings (SSSR count). The van der Waals surface area contributed by atoms with Gasteiger partial charge in [-0.05, 0) is 42.3 Å². The highest BCUT2D eigenvalue weighted by molar-refractivity contribution is 6.31. The van der Waals surface area contributed by atoms with Crippen molar-refractivity contribution in [1.82, 2.24) is 5.32 Å². The molecule has 0 saturated heterocycles. The second-order valence-electron chi connectivity index (χ2n) is 5.38. The predicted octanol–water partition coefficient (Wildman–Crippen LogP) is 3.83. The number of ether oxygens (including phenoxy) is 1. The third-order valence-electron chi connectivity index (χ3n) is 3.79. The third kappa shape index (κ3) is 3.34. The molecule has 0 spiro atoms. The lowest BCUT2D eigenvalue weighted by molar-refractivity contribution is -0.115. The lowest BCUT2D eigenvalue weighted by atomic mass is 10.1. The summed E-state index contributed by atoms with van der Waals surface area (Å²) in [7, 11) is 1.61. The Morgan fingerprint density at radius 2 is 2.08 bits per heavy atom. The van der Waals surface area contributed by atoms with Crippen LogP contribution >= 0.6 is 11.6 Å². The molecule has 24 heavy (non-hydrogen) atoms. The van der Waals surface area contributed by atoms with Crippen LogP contribution in [0.4, 0.5) is 0 Å². The van der Waals surface area contributed by atoms with E-state index >= 15 is 0 Å². The van der Waals surface area contributed by atoms with E-state index in [1.807, 2.05) is 30.3 Å². The number of aryl methyl sites for hydroxylation is 1. The van der Waals surface area contributed by atoms with Gasteiger partial charge in [0.1, 0.15) is 17.3 Å². The summed E-state index contributed by atoms with van der Waals surface area (Å²) in [4.78, 5) is 16.6. The minimum Gasteiger partial charge on any atom is -0.496 e. The van der Waals surface area contributed by atoms with Gasteiger partial charge in [-0.15, -0.1) is 0 Å². The molecule has 1 amide bonds. The fourth-order valence-corrected chi connectivity index (χ4v) is 2.70. The maximum absolute atomic E-state index is 12.2. The van der Waals surface area contributed by atoms with Gasteiger partial charge < -0.3 is 10.1 Å². The van der Waals surface area contributed by atoms with Gasteiger partial charge in [0.05, 0.1) is 7.11 Å². The van der Waals surface area contributed by atoms with Gasteiger partial charge in [0, 0.05) is 16.1 Å². The molecule has 0 aromatic heterocycles. The minimum atomic E-state index is -0.242. The molecule has 1 aliphatic rings. The number of benzene rings is 2. The highest BCUT2D eigenvalue weighted by atomic mass is 35.5. The van der Waals surface area contributed by atoms with Gasteiger partial charge >= 0.3 is 0 Å². The zero-order chi connectivity index (χ0) is 17.1. The number of nitrogens with one attached hydrogen (secondary N) is 1. The van der Waals surface area contributed by atoms with Crippen molar-refractivity contribution in [3.63, 3.8) is 0 Å². The van der Waals surface area contributed by atoms with E-state index in [1.54, 1.807) is 25.3 Å². The van der Waals surface area contributed by atoms with E-state index in [9.17, 15) is 4.79 Å². The Bertz CT molecular complexity index is 856. The number of hydrogen-bond acceptors (Lipinski definition) is 3. The molecular formula is C19H17ClN2O2. The fraction of sp³-hybridized carbons (Fsp3) is 0.158. The molecule has 0 aliphatic carbocycles. The Balaban J connectivity index is 2.00. The highest BCUT2D eigenvalue weighted by Gasteiger charge is 2.21. The van der Waals surface area contributed by atoms with Crippen molar-refractivity contribution < 1.29 is 9.53 Å². The zero-order valence-electron chi connectivity index (χ0n) is 13.5. The van der Waals surface area contributed by atoms with Crippen LogP contribution in [0.25, 0.3) is 6.08 Å². The second-order valence-corrected chi connectivity index (χ2v) is 5.82. The molecule has 2 aromatic carbocycles. The van der Waals surface area contributed by atoms with Gasteiger partial charge in [-0.2, -0.15) is 0 Å². The first-order valence-electron chi connectivity index (χ1n) is 7.65. The zero-order valence-corrected chi connectivity index (χ0v) is 14.2. The summed E-state index contributed by atoms with van der Waals surface area (Å²) in [5.41, 5.74) is 3.11. The van der Waals surface area contributed by atoms with Crippen LogP contribution in [0.3, 0.4) is 0 Å². The molecule has 122 valence electrons. The Morgan fingerprint density at radius 1 is 1.25 bits per heavy atom. The number of halogens is 1. The molecule has 0 saturated carbocycles. The van der Waals surface area contributed by atoms with Crippen molar-refractivity contribution in [3.05, 3.63) is 69.9 Å². The van der Waals surface area contributed by atoms with Crippen molar-refractivity contribution in [1.29, 1.82) is 0 Å². The summed E-state index contributed by atoms with van der Waals surface area (Å²) < 4.78 is 5.38. The van der Waals surface area contributed by atoms with Crippen LogP contribution in [-0.4, -0.2) is 18.9 Å². The number of aliphatic imine (C=N–C) groups is 1. The summed E-state index contributed by atoms with van der Waals surface area (Å²) in [6, 6.07) is 13.1. The van der Waals surface area contributed by atoms with Gasteiger partial charge in [-0.3, -0.25) is 4.79 Å². The topological polar surface area (TPSA) is 50.7 Å². The third-order valence-corrected chi connectivity index (χ3v) is 4.02. The Kier molecular flexibility index (Phi) is 4.67. The van der Waals surface area contributed by atoms with Crippen LogP contribution in [0.5, 0.6) is 5.75 Å². The molecule has 0 atom stereocenters. The average molecular weight is 341 g/mol. The standard InChI is InChI=1S/C19H17ClN2O2/c1-3-12-7-8-17(24-2)14(9-12)11-16-19(23)22-18(21-16)13-5-4-6-15(20)10-13/h4-11H,3H2,1-2H3,(H,21,22,23)/b16-11+. The normalized spacial score (nSPS) is 15.4. The van der Waals surface area contributed by atoms with Gasteiger partial charge in [-0.1, -0.05) is 36.7 Å². The molecule has 2 aromatic rings. The molecule has 1 aliphatic heterocycles. The van der Waals surface area contributed by atoms with Crippen LogP contribution < -0.4 is 10.1 Å². The smallest absolute Gasteiger partial charge is 0.275 e. The van der Waals surface area contributed by atoms with Gasteiger partial charge in [0.15, 0.2) is 0 Å². The Hall–Kier alpha value is -2.59. The Labute approximate surface area is 145 Å². The van der Waals surface area contributed by atoms with Gasteiger partial charge in [0.2, 0.25) is 0 Å². The van der Waals surface area contributed by atoms with Gasteiger partial charge in [-0.25, -0.2) is 4.99 Å². The molecule has 1 heterocycles. The van der Waals surface area contributed by atoms with Crippen molar-refractivity contribution in [2.24, 2.45) is 4.99 Å². The number of amides is 1. The molecule has 1 N–H and O–H groups in total. The van der Waals surface area contributed by atoms with Crippen LogP contribution in [0, 0.1) is 0 Å². The van der Waals surface area contributed by atoms with E-state index in [0.717, 1.165) is 17.5 Å². The molecule has 5 heteroatoms. The number of hydrogen-bond donors (Lipinski definition) is 1. The van der Waals surface area contributed by atoms with Crippen LogP contribution in [0.1, 0.15) is 23.6 Å². The number of methoxy groups -OCH3 is 1. The first kappa shape index (κ1) is 16.3. The van der Waals surface area contributed by atoms with Crippen LogP contribution in [0.2, 0.25) is 5.02 Å². The van der Waals surface area contributed by atoms with Crippen LogP contribution in [-0.2, 0) is 11.2 Å². The monoisotopic (exact) mass is 340 g/mol. The van der Waals surface area contributed by atoms with Crippen molar-refractivity contribution in [3.8, 4) is 5.75 Å². The molecule has 0 bridgehead atoms. The van der Waals surface area contributed by atoms with Crippen molar-refractivity contribution in [2.75, 3.05) is 7.11 Å². The van der Waals surface area contributed by atoms with E-state index in [0.29, 0.717) is 22.3 Å². The predicted molar refractivity (Wildman–Crippen MR) is 96.5 cm³/mol. The summed E-state index contributed by atoms with van der Waals surface area (Å²) in [6.07, 6.45) is 2.65. The summed E-state index contributed by atoms with van der Waals surface area (Å²) in [5.74, 6) is 0.965. The first-order valence-corrected chi connectivity index (χ1v) is 8.03. The summed E-state index contributed by atoms with van der Waals surface area (Å²) in [5, 5.41) is 3.37. The largest absolute Gasteiger partial charge is 0.496 e. The maximum atomic E-state index is 12.2. The molecule has 4 nitrogen and oxygen atoms in total. The molecule has 0 radical (unpaired) electrons. The highest BCUT2D eigenvalue weighted by Crippen LogP contribution is 2.25. The van der Waals surface area contributed by atoms with E-state index in [4.69, 9.17) is 16.3 Å². The number of nitrogens with zero attached hydrogens (tertiary/aromatic N) is 1. The summed E-state index contributed by atoms with van der Waals surface area (Å²) >= 11 is 6.00. The van der Waals surface area contributed by atoms with Crippen molar-refractivity contribution in [2.45, 2.75) is 13.3 Å². The van der Waals surface area contributed by atoms with E-state index in [-0.39, 0.29) is 5.91 Å². The fourth-order valence-electron chi connectivity index (χ4n) is 2.50. The number of amidine groups is 1.